The molecule has 1 aromatic rings. The van der Waals surface area contributed by atoms with Gasteiger partial charge in [0.15, 0.2) is 6.10 Å². The van der Waals surface area contributed by atoms with Crippen LogP contribution in [0.5, 0.6) is 5.75 Å². The highest BCUT2D eigenvalue weighted by Gasteiger charge is 2.22. The van der Waals surface area contributed by atoms with Crippen LogP contribution in [-0.2, 0) is 4.79 Å². The van der Waals surface area contributed by atoms with Gasteiger partial charge in [0.2, 0.25) is 0 Å². The van der Waals surface area contributed by atoms with Crippen LogP contribution < -0.4 is 15.8 Å². The maximum absolute atomic E-state index is 12.1. The molecule has 0 aliphatic heterocycles. The lowest BCUT2D eigenvalue weighted by atomic mass is 10.0. The van der Waals surface area contributed by atoms with E-state index in [1.807, 2.05) is 45.0 Å². The van der Waals surface area contributed by atoms with Gasteiger partial charge < -0.3 is 15.8 Å². The van der Waals surface area contributed by atoms with Crippen LogP contribution in [0.15, 0.2) is 24.3 Å². The highest BCUT2D eigenvalue weighted by atomic mass is 16.5. The molecule has 4 heteroatoms. The fraction of sp³-hybridized carbons (Fsp3) is 0.588. The second kappa shape index (κ2) is 7.46. The van der Waals surface area contributed by atoms with Crippen molar-refractivity contribution in [1.29, 1.82) is 0 Å². The second-order valence-corrected chi connectivity index (χ2v) is 6.07. The summed E-state index contributed by atoms with van der Waals surface area (Å²) in [5.74, 6) is 0.579. The largest absolute Gasteiger partial charge is 0.481 e. The molecule has 0 aliphatic carbocycles. The van der Waals surface area contributed by atoms with Crippen LogP contribution >= 0.6 is 0 Å². The molecule has 0 heterocycles. The minimum Gasteiger partial charge on any atom is -0.481 e. The minimum absolute atomic E-state index is 0.0464. The monoisotopic (exact) mass is 292 g/mol. The summed E-state index contributed by atoms with van der Waals surface area (Å²) >= 11 is 0. The van der Waals surface area contributed by atoms with Crippen molar-refractivity contribution in [3.05, 3.63) is 29.8 Å². The Bertz CT molecular complexity index is 454. The molecule has 0 aliphatic rings. The van der Waals surface area contributed by atoms with Crippen LogP contribution in [0.25, 0.3) is 0 Å². The molecule has 0 radical (unpaired) electrons. The van der Waals surface area contributed by atoms with Crippen LogP contribution in [0.2, 0.25) is 0 Å². The lowest BCUT2D eigenvalue weighted by molar-refractivity contribution is -0.128. The van der Waals surface area contributed by atoms with E-state index in [0.29, 0.717) is 5.75 Å². The number of rotatable bonds is 7. The van der Waals surface area contributed by atoms with E-state index >= 15 is 0 Å². The molecular weight excluding hydrogens is 264 g/mol. The second-order valence-electron chi connectivity index (χ2n) is 6.07. The number of hydrogen-bond acceptors (Lipinski definition) is 3. The van der Waals surface area contributed by atoms with Crippen molar-refractivity contribution < 1.29 is 9.53 Å². The normalized spacial score (nSPS) is 14.4. The van der Waals surface area contributed by atoms with Gasteiger partial charge in [0, 0.05) is 11.6 Å². The fourth-order valence-electron chi connectivity index (χ4n) is 1.81. The summed E-state index contributed by atoms with van der Waals surface area (Å²) in [6.45, 7) is 9.85. The lowest BCUT2D eigenvalue weighted by Crippen LogP contribution is -2.48. The molecule has 21 heavy (non-hydrogen) atoms. The molecule has 1 rings (SSSR count). The Morgan fingerprint density at radius 2 is 1.86 bits per heavy atom. The molecule has 1 amide bonds. The van der Waals surface area contributed by atoms with Gasteiger partial charge in [0.05, 0.1) is 0 Å². The molecule has 4 nitrogen and oxygen atoms in total. The zero-order valence-electron chi connectivity index (χ0n) is 13.8. The van der Waals surface area contributed by atoms with E-state index in [4.69, 9.17) is 10.5 Å². The van der Waals surface area contributed by atoms with Crippen LogP contribution in [0.3, 0.4) is 0 Å². The quantitative estimate of drug-likeness (QED) is 0.811. The number of ether oxygens (including phenoxy) is 1. The van der Waals surface area contributed by atoms with Gasteiger partial charge in [-0.2, -0.15) is 0 Å². The molecule has 118 valence electrons. The fourth-order valence-corrected chi connectivity index (χ4v) is 1.81. The van der Waals surface area contributed by atoms with Crippen molar-refractivity contribution in [2.75, 3.05) is 0 Å². The minimum atomic E-state index is -0.526. The topological polar surface area (TPSA) is 64.3 Å². The van der Waals surface area contributed by atoms with Crippen molar-refractivity contribution in [2.45, 2.75) is 65.1 Å². The molecule has 3 N–H and O–H groups in total. The van der Waals surface area contributed by atoms with Crippen molar-refractivity contribution in [2.24, 2.45) is 5.73 Å². The first-order chi connectivity index (χ1) is 9.79. The molecule has 0 aromatic heterocycles. The van der Waals surface area contributed by atoms with Gasteiger partial charge in [-0.1, -0.05) is 26.0 Å². The average molecular weight is 292 g/mol. The highest BCUT2D eigenvalue weighted by Crippen LogP contribution is 2.19. The van der Waals surface area contributed by atoms with Crippen molar-refractivity contribution >= 4 is 5.91 Å². The van der Waals surface area contributed by atoms with Crippen LogP contribution in [-0.4, -0.2) is 17.6 Å². The number of nitrogens with two attached hydrogens (primary N) is 1. The van der Waals surface area contributed by atoms with Crippen LogP contribution in [0.4, 0.5) is 0 Å². The Kier molecular flexibility index (Phi) is 6.21. The average Bonchev–Trinajstić information content (AvgIpc) is 2.46. The van der Waals surface area contributed by atoms with Crippen molar-refractivity contribution in [3.8, 4) is 5.75 Å². The molecule has 1 unspecified atom stereocenters. The third-order valence-electron chi connectivity index (χ3n) is 3.78. The molecule has 1 aromatic carbocycles. The Labute approximate surface area is 128 Å². The first-order valence-electron chi connectivity index (χ1n) is 7.63. The summed E-state index contributed by atoms with van der Waals surface area (Å²) in [7, 11) is 0. The molecular formula is C17H28N2O2. The van der Waals surface area contributed by atoms with Gasteiger partial charge in [-0.3, -0.25) is 4.79 Å². The zero-order valence-corrected chi connectivity index (χ0v) is 13.8. The number of hydrogen-bond donors (Lipinski definition) is 2. The SMILES string of the molecule is CC[C@@H](N)c1ccc(OC(C)C(=O)NC(C)(C)CC)cc1. The summed E-state index contributed by atoms with van der Waals surface area (Å²) in [5.41, 5.74) is 6.84. The first-order valence-corrected chi connectivity index (χ1v) is 7.63. The summed E-state index contributed by atoms with van der Waals surface area (Å²) in [4.78, 5) is 12.1. The number of carbonyl (C=O) groups is 1. The van der Waals surface area contributed by atoms with Gasteiger partial charge in [0.1, 0.15) is 5.75 Å². The van der Waals surface area contributed by atoms with E-state index in [1.165, 1.54) is 0 Å². The number of benzene rings is 1. The molecule has 0 saturated carbocycles. The summed E-state index contributed by atoms with van der Waals surface area (Å²) in [6, 6.07) is 7.66. The number of amides is 1. The highest BCUT2D eigenvalue weighted by molar-refractivity contribution is 5.81. The van der Waals surface area contributed by atoms with E-state index in [1.54, 1.807) is 6.92 Å². The summed E-state index contributed by atoms with van der Waals surface area (Å²) < 4.78 is 5.68. The van der Waals surface area contributed by atoms with E-state index in [-0.39, 0.29) is 17.5 Å². The summed E-state index contributed by atoms with van der Waals surface area (Å²) in [6.07, 6.45) is 1.24. The van der Waals surface area contributed by atoms with E-state index in [0.717, 1.165) is 18.4 Å². The van der Waals surface area contributed by atoms with E-state index in [2.05, 4.69) is 12.2 Å². The molecule has 0 fully saturated rings. The van der Waals surface area contributed by atoms with Gasteiger partial charge >= 0.3 is 0 Å². The van der Waals surface area contributed by atoms with Gasteiger partial charge in [0.25, 0.3) is 5.91 Å². The van der Waals surface area contributed by atoms with E-state index < -0.39 is 6.10 Å². The number of carbonyl (C=O) groups excluding carboxylic acids is 1. The van der Waals surface area contributed by atoms with E-state index in [9.17, 15) is 4.79 Å². The van der Waals surface area contributed by atoms with Crippen LogP contribution in [0, 0.1) is 0 Å². The zero-order chi connectivity index (χ0) is 16.0. The molecule has 0 spiro atoms. The lowest BCUT2D eigenvalue weighted by Gasteiger charge is -2.26. The van der Waals surface area contributed by atoms with Gasteiger partial charge in [-0.05, 0) is 51.3 Å². The van der Waals surface area contributed by atoms with Crippen LogP contribution in [0.1, 0.15) is 59.1 Å². The van der Waals surface area contributed by atoms with Crippen molar-refractivity contribution in [1.82, 2.24) is 5.32 Å². The number of nitrogens with one attached hydrogen (secondary N) is 1. The predicted octanol–water partition coefficient (Wildman–Crippen LogP) is 3.17. The third kappa shape index (κ3) is 5.38. The third-order valence-corrected chi connectivity index (χ3v) is 3.78. The maximum atomic E-state index is 12.1. The Balaban J connectivity index is 2.62. The summed E-state index contributed by atoms with van der Waals surface area (Å²) in [5, 5.41) is 2.98. The Morgan fingerprint density at radius 1 is 1.29 bits per heavy atom. The predicted molar refractivity (Wildman–Crippen MR) is 86.3 cm³/mol. The molecule has 0 bridgehead atoms. The Morgan fingerprint density at radius 3 is 2.33 bits per heavy atom. The van der Waals surface area contributed by atoms with Crippen molar-refractivity contribution in [3.63, 3.8) is 0 Å². The van der Waals surface area contributed by atoms with Gasteiger partial charge in [-0.15, -0.1) is 0 Å². The maximum Gasteiger partial charge on any atom is 0.261 e. The standard InChI is InChI=1S/C17H28N2O2/c1-6-15(18)13-8-10-14(11-9-13)21-12(3)16(20)19-17(4,5)7-2/h8-12,15H,6-7,18H2,1-5H3,(H,19,20)/t12?,15-/m1/s1. The smallest absolute Gasteiger partial charge is 0.261 e. The molecule has 2 atom stereocenters. The first kappa shape index (κ1) is 17.5. The van der Waals surface area contributed by atoms with Gasteiger partial charge in [-0.25, -0.2) is 0 Å². The Hall–Kier alpha value is -1.55. The molecule has 0 saturated heterocycles.